The summed E-state index contributed by atoms with van der Waals surface area (Å²) in [6.07, 6.45) is 3.41. The largest absolute Gasteiger partial charge is 0.455 e. The number of nitrogens with zero attached hydrogens (tertiary/aromatic N) is 2. The first-order valence-corrected chi connectivity index (χ1v) is 6.45. The molecule has 4 nitrogen and oxygen atoms in total. The maximum Gasteiger partial charge on any atom is 0.153 e. The lowest BCUT2D eigenvalue weighted by atomic mass is 10.2. The minimum atomic E-state index is 0.389. The van der Waals surface area contributed by atoms with E-state index in [4.69, 9.17) is 10.5 Å². The molecule has 2 heterocycles. The van der Waals surface area contributed by atoms with Gasteiger partial charge in [-0.25, -0.2) is 4.98 Å². The molecule has 0 spiro atoms. The molecule has 0 aliphatic heterocycles. The fourth-order valence-electron chi connectivity index (χ4n) is 2.09. The van der Waals surface area contributed by atoms with E-state index in [1.807, 2.05) is 43.3 Å². The molecule has 0 aliphatic rings. The number of hydrogen-bond donors (Lipinski definition) is 1. The first-order valence-electron chi connectivity index (χ1n) is 6.45. The molecule has 0 radical (unpaired) electrons. The molecular formula is C16H15N3O. The van der Waals surface area contributed by atoms with Crippen molar-refractivity contribution in [3.63, 3.8) is 0 Å². The SMILES string of the molecule is Cc1ccc2cccc(Oc3ccncc3CN)c2n1. The van der Waals surface area contributed by atoms with Crippen LogP contribution in [0, 0.1) is 6.92 Å². The van der Waals surface area contributed by atoms with Gasteiger partial charge in [-0.1, -0.05) is 18.2 Å². The van der Waals surface area contributed by atoms with E-state index in [1.54, 1.807) is 12.4 Å². The van der Waals surface area contributed by atoms with Crippen molar-refractivity contribution in [3.05, 3.63) is 60.0 Å². The minimum Gasteiger partial charge on any atom is -0.455 e. The van der Waals surface area contributed by atoms with Crippen molar-refractivity contribution in [2.75, 3.05) is 0 Å². The molecule has 0 unspecified atom stereocenters. The van der Waals surface area contributed by atoms with E-state index in [2.05, 4.69) is 9.97 Å². The van der Waals surface area contributed by atoms with Crippen LogP contribution in [0.1, 0.15) is 11.3 Å². The lowest BCUT2D eigenvalue weighted by molar-refractivity contribution is 0.479. The van der Waals surface area contributed by atoms with E-state index in [0.29, 0.717) is 6.54 Å². The van der Waals surface area contributed by atoms with Crippen molar-refractivity contribution in [1.82, 2.24) is 9.97 Å². The molecular weight excluding hydrogens is 250 g/mol. The van der Waals surface area contributed by atoms with Gasteiger partial charge in [0, 0.05) is 35.6 Å². The van der Waals surface area contributed by atoms with Crippen LogP contribution in [-0.2, 0) is 6.54 Å². The molecule has 1 aromatic carbocycles. The van der Waals surface area contributed by atoms with Crippen molar-refractivity contribution < 1.29 is 4.74 Å². The second-order valence-electron chi connectivity index (χ2n) is 4.57. The quantitative estimate of drug-likeness (QED) is 0.790. The summed E-state index contributed by atoms with van der Waals surface area (Å²) >= 11 is 0. The van der Waals surface area contributed by atoms with Gasteiger partial charge < -0.3 is 10.5 Å². The zero-order valence-electron chi connectivity index (χ0n) is 11.2. The first kappa shape index (κ1) is 12.6. The zero-order chi connectivity index (χ0) is 13.9. The van der Waals surface area contributed by atoms with Gasteiger partial charge in [0.1, 0.15) is 11.3 Å². The monoisotopic (exact) mass is 265 g/mol. The Labute approximate surface area is 117 Å². The first-order chi connectivity index (χ1) is 9.78. The summed E-state index contributed by atoms with van der Waals surface area (Å²) in [4.78, 5) is 8.61. The van der Waals surface area contributed by atoms with E-state index < -0.39 is 0 Å². The third-order valence-electron chi connectivity index (χ3n) is 3.12. The van der Waals surface area contributed by atoms with Gasteiger partial charge in [0.2, 0.25) is 0 Å². The van der Waals surface area contributed by atoms with E-state index in [-0.39, 0.29) is 0 Å². The Morgan fingerprint density at radius 3 is 2.85 bits per heavy atom. The average molecular weight is 265 g/mol. The van der Waals surface area contributed by atoms with Crippen LogP contribution in [0.5, 0.6) is 11.5 Å². The van der Waals surface area contributed by atoms with Gasteiger partial charge in [-0.3, -0.25) is 4.98 Å². The van der Waals surface area contributed by atoms with Crippen LogP contribution in [-0.4, -0.2) is 9.97 Å². The smallest absolute Gasteiger partial charge is 0.153 e. The molecule has 2 aromatic heterocycles. The van der Waals surface area contributed by atoms with Gasteiger partial charge in [0.25, 0.3) is 0 Å². The molecule has 4 heteroatoms. The van der Waals surface area contributed by atoms with Crippen LogP contribution in [0.2, 0.25) is 0 Å². The third kappa shape index (κ3) is 2.33. The Kier molecular flexibility index (Phi) is 3.31. The summed E-state index contributed by atoms with van der Waals surface area (Å²) in [5.74, 6) is 1.45. The second-order valence-corrected chi connectivity index (χ2v) is 4.57. The molecule has 100 valence electrons. The molecule has 3 aromatic rings. The summed E-state index contributed by atoms with van der Waals surface area (Å²) in [5, 5.41) is 1.05. The lowest BCUT2D eigenvalue weighted by Crippen LogP contribution is -2.00. The summed E-state index contributed by atoms with van der Waals surface area (Å²) in [7, 11) is 0. The Bertz CT molecular complexity index is 756. The highest BCUT2D eigenvalue weighted by molar-refractivity contribution is 5.84. The second kappa shape index (κ2) is 5.27. The summed E-state index contributed by atoms with van der Waals surface area (Å²) in [5.41, 5.74) is 8.39. The molecule has 0 saturated heterocycles. The lowest BCUT2D eigenvalue weighted by Gasteiger charge is -2.11. The predicted octanol–water partition coefficient (Wildman–Crippen LogP) is 3.19. The van der Waals surface area contributed by atoms with Gasteiger partial charge in [0.05, 0.1) is 0 Å². The molecule has 0 bridgehead atoms. The van der Waals surface area contributed by atoms with Crippen LogP contribution in [0.15, 0.2) is 48.8 Å². The zero-order valence-corrected chi connectivity index (χ0v) is 11.2. The van der Waals surface area contributed by atoms with Crippen molar-refractivity contribution in [2.24, 2.45) is 5.73 Å². The van der Waals surface area contributed by atoms with Crippen molar-refractivity contribution in [1.29, 1.82) is 0 Å². The van der Waals surface area contributed by atoms with Crippen LogP contribution < -0.4 is 10.5 Å². The van der Waals surface area contributed by atoms with Gasteiger partial charge in [-0.05, 0) is 25.1 Å². The molecule has 2 N–H and O–H groups in total. The number of fused-ring (bicyclic) bond motifs is 1. The topological polar surface area (TPSA) is 61.0 Å². The Hall–Kier alpha value is -2.46. The van der Waals surface area contributed by atoms with Crippen molar-refractivity contribution >= 4 is 10.9 Å². The van der Waals surface area contributed by atoms with Gasteiger partial charge in [-0.2, -0.15) is 0 Å². The number of nitrogens with two attached hydrogens (primary N) is 1. The van der Waals surface area contributed by atoms with E-state index in [9.17, 15) is 0 Å². The van der Waals surface area contributed by atoms with E-state index >= 15 is 0 Å². The predicted molar refractivity (Wildman–Crippen MR) is 78.7 cm³/mol. The molecule has 0 fully saturated rings. The fourth-order valence-corrected chi connectivity index (χ4v) is 2.09. The number of pyridine rings is 2. The normalized spacial score (nSPS) is 10.7. The number of benzene rings is 1. The standard InChI is InChI=1S/C16H15N3O/c1-11-5-6-12-3-2-4-15(16(12)19-11)20-14-7-8-18-10-13(14)9-17/h2-8,10H,9,17H2,1H3. The molecule has 20 heavy (non-hydrogen) atoms. The Morgan fingerprint density at radius 1 is 1.10 bits per heavy atom. The van der Waals surface area contributed by atoms with Crippen molar-refractivity contribution in [3.8, 4) is 11.5 Å². The molecule has 3 rings (SSSR count). The van der Waals surface area contributed by atoms with Gasteiger partial charge in [0.15, 0.2) is 5.75 Å². The number of aromatic nitrogens is 2. The Balaban J connectivity index is 2.08. The number of aryl methyl sites for hydroxylation is 1. The van der Waals surface area contributed by atoms with Crippen molar-refractivity contribution in [2.45, 2.75) is 13.5 Å². The van der Waals surface area contributed by atoms with E-state index in [0.717, 1.165) is 33.7 Å². The van der Waals surface area contributed by atoms with Gasteiger partial charge >= 0.3 is 0 Å². The highest BCUT2D eigenvalue weighted by Crippen LogP contribution is 2.30. The van der Waals surface area contributed by atoms with Crippen LogP contribution in [0.3, 0.4) is 0 Å². The highest BCUT2D eigenvalue weighted by atomic mass is 16.5. The average Bonchev–Trinajstić information content (AvgIpc) is 2.48. The third-order valence-corrected chi connectivity index (χ3v) is 3.12. The Morgan fingerprint density at radius 2 is 2.00 bits per heavy atom. The number of hydrogen-bond acceptors (Lipinski definition) is 4. The molecule has 0 aliphatic carbocycles. The maximum absolute atomic E-state index is 5.99. The fraction of sp³-hybridized carbons (Fsp3) is 0.125. The maximum atomic E-state index is 5.99. The highest BCUT2D eigenvalue weighted by Gasteiger charge is 2.08. The number of rotatable bonds is 3. The molecule has 0 saturated carbocycles. The summed E-state index contributed by atoms with van der Waals surface area (Å²) < 4.78 is 5.99. The van der Waals surface area contributed by atoms with Crippen LogP contribution >= 0.6 is 0 Å². The van der Waals surface area contributed by atoms with Crippen LogP contribution in [0.4, 0.5) is 0 Å². The molecule has 0 amide bonds. The molecule has 0 atom stereocenters. The van der Waals surface area contributed by atoms with Gasteiger partial charge in [-0.15, -0.1) is 0 Å². The number of para-hydroxylation sites is 1. The minimum absolute atomic E-state index is 0.389. The van der Waals surface area contributed by atoms with E-state index in [1.165, 1.54) is 0 Å². The van der Waals surface area contributed by atoms with Crippen LogP contribution in [0.25, 0.3) is 10.9 Å². The summed E-state index contributed by atoms with van der Waals surface area (Å²) in [6, 6.07) is 11.7. The summed E-state index contributed by atoms with van der Waals surface area (Å²) in [6.45, 7) is 2.36. The number of ether oxygens (including phenoxy) is 1.